The maximum Gasteiger partial charge on any atom is 0.228 e. The lowest BCUT2D eigenvalue weighted by molar-refractivity contribution is -0.127. The van der Waals surface area contributed by atoms with Crippen molar-refractivity contribution in [3.05, 3.63) is 28.7 Å². The first kappa shape index (κ1) is 15.5. The maximum atomic E-state index is 12.6. The Kier molecular flexibility index (Phi) is 4.55. The fraction of sp³-hybridized carbons (Fsp3) is 0.562. The van der Waals surface area contributed by atoms with Gasteiger partial charge < -0.3 is 11.1 Å². The van der Waals surface area contributed by atoms with Crippen LogP contribution in [-0.2, 0) is 4.79 Å². The molecule has 3 nitrogen and oxygen atoms in total. The molecule has 1 aromatic rings. The van der Waals surface area contributed by atoms with Crippen molar-refractivity contribution in [3.63, 3.8) is 0 Å². The lowest BCUT2D eigenvalue weighted by atomic mass is 9.61. The van der Waals surface area contributed by atoms with Gasteiger partial charge in [-0.25, -0.2) is 0 Å². The SMILES string of the molecule is CC1C(N)CCC(C(=O)Nc2ccc(Br)cc2)C1(C)C. The number of nitrogens with two attached hydrogens (primary N) is 1. The van der Waals surface area contributed by atoms with Gasteiger partial charge in [0.2, 0.25) is 5.91 Å². The third kappa shape index (κ3) is 3.07. The van der Waals surface area contributed by atoms with E-state index in [1.807, 2.05) is 24.3 Å². The molecule has 3 N–H and O–H groups in total. The highest BCUT2D eigenvalue weighted by Crippen LogP contribution is 2.44. The van der Waals surface area contributed by atoms with Crippen LogP contribution in [0, 0.1) is 17.3 Å². The molecule has 0 bridgehead atoms. The van der Waals surface area contributed by atoms with Crippen LogP contribution in [0.5, 0.6) is 0 Å². The fourth-order valence-electron chi connectivity index (χ4n) is 3.08. The van der Waals surface area contributed by atoms with Crippen LogP contribution in [0.1, 0.15) is 33.6 Å². The largest absolute Gasteiger partial charge is 0.327 e. The molecule has 1 aromatic carbocycles. The molecule has 0 saturated heterocycles. The maximum absolute atomic E-state index is 12.6. The zero-order valence-electron chi connectivity index (χ0n) is 12.3. The predicted octanol–water partition coefficient (Wildman–Crippen LogP) is 3.79. The molecule has 2 rings (SSSR count). The number of hydrogen-bond acceptors (Lipinski definition) is 2. The Morgan fingerprint density at radius 2 is 1.90 bits per heavy atom. The van der Waals surface area contributed by atoms with Gasteiger partial charge in [0.05, 0.1) is 0 Å². The summed E-state index contributed by atoms with van der Waals surface area (Å²) in [5.41, 5.74) is 6.92. The van der Waals surface area contributed by atoms with Gasteiger partial charge in [0.15, 0.2) is 0 Å². The Morgan fingerprint density at radius 3 is 2.50 bits per heavy atom. The molecule has 0 heterocycles. The van der Waals surface area contributed by atoms with E-state index in [0.29, 0.717) is 5.92 Å². The minimum absolute atomic E-state index is 0.0148. The Hall–Kier alpha value is -0.870. The molecular formula is C16H23BrN2O. The highest BCUT2D eigenvalue weighted by molar-refractivity contribution is 9.10. The predicted molar refractivity (Wildman–Crippen MR) is 86.4 cm³/mol. The molecule has 1 aliphatic rings. The minimum Gasteiger partial charge on any atom is -0.327 e. The van der Waals surface area contributed by atoms with Gasteiger partial charge in [0.1, 0.15) is 0 Å². The van der Waals surface area contributed by atoms with Gasteiger partial charge in [0, 0.05) is 22.1 Å². The molecule has 0 aliphatic heterocycles. The summed E-state index contributed by atoms with van der Waals surface area (Å²) < 4.78 is 1.01. The zero-order valence-corrected chi connectivity index (χ0v) is 13.9. The number of halogens is 1. The van der Waals surface area contributed by atoms with E-state index in [2.05, 4.69) is 42.0 Å². The second kappa shape index (κ2) is 5.86. The van der Waals surface area contributed by atoms with E-state index in [1.165, 1.54) is 0 Å². The van der Waals surface area contributed by atoms with Crippen LogP contribution in [0.3, 0.4) is 0 Å². The zero-order chi connectivity index (χ0) is 14.9. The molecular weight excluding hydrogens is 316 g/mol. The van der Waals surface area contributed by atoms with Crippen molar-refractivity contribution in [1.82, 2.24) is 0 Å². The number of rotatable bonds is 2. The van der Waals surface area contributed by atoms with E-state index >= 15 is 0 Å². The second-order valence-corrected chi connectivity index (χ2v) is 7.32. The van der Waals surface area contributed by atoms with E-state index in [1.54, 1.807) is 0 Å². The van der Waals surface area contributed by atoms with Crippen LogP contribution in [0.4, 0.5) is 5.69 Å². The molecule has 0 spiro atoms. The summed E-state index contributed by atoms with van der Waals surface area (Å²) in [6.07, 6.45) is 1.78. The molecule has 3 atom stereocenters. The number of hydrogen-bond donors (Lipinski definition) is 2. The first-order valence-electron chi connectivity index (χ1n) is 7.14. The van der Waals surface area contributed by atoms with Crippen LogP contribution >= 0.6 is 15.9 Å². The molecule has 3 unspecified atom stereocenters. The van der Waals surface area contributed by atoms with Crippen LogP contribution < -0.4 is 11.1 Å². The normalized spacial score (nSPS) is 28.9. The van der Waals surface area contributed by atoms with Crippen LogP contribution in [0.2, 0.25) is 0 Å². The fourth-order valence-corrected chi connectivity index (χ4v) is 3.35. The smallest absolute Gasteiger partial charge is 0.228 e. The summed E-state index contributed by atoms with van der Waals surface area (Å²) in [5.74, 6) is 0.467. The van der Waals surface area contributed by atoms with Crippen LogP contribution in [0.25, 0.3) is 0 Å². The van der Waals surface area contributed by atoms with E-state index < -0.39 is 0 Å². The monoisotopic (exact) mass is 338 g/mol. The van der Waals surface area contributed by atoms with Gasteiger partial charge in [-0.1, -0.05) is 36.7 Å². The molecule has 20 heavy (non-hydrogen) atoms. The molecule has 0 aromatic heterocycles. The van der Waals surface area contributed by atoms with Crippen LogP contribution in [-0.4, -0.2) is 11.9 Å². The molecule has 110 valence electrons. The van der Waals surface area contributed by atoms with E-state index in [9.17, 15) is 4.79 Å². The molecule has 4 heteroatoms. The van der Waals surface area contributed by atoms with Crippen molar-refractivity contribution in [2.45, 2.75) is 39.7 Å². The minimum atomic E-state index is -0.0723. The van der Waals surface area contributed by atoms with Crippen molar-refractivity contribution < 1.29 is 4.79 Å². The van der Waals surface area contributed by atoms with Gasteiger partial charge >= 0.3 is 0 Å². The third-order valence-electron chi connectivity index (χ3n) is 4.93. The number of carbonyl (C=O) groups is 1. The molecule has 1 amide bonds. The topological polar surface area (TPSA) is 55.1 Å². The third-order valence-corrected chi connectivity index (χ3v) is 5.46. The summed E-state index contributed by atoms with van der Waals surface area (Å²) in [6.45, 7) is 6.47. The van der Waals surface area contributed by atoms with Gasteiger partial charge in [-0.05, 0) is 48.4 Å². The van der Waals surface area contributed by atoms with Gasteiger partial charge in [0.25, 0.3) is 0 Å². The highest BCUT2D eigenvalue weighted by atomic mass is 79.9. The van der Waals surface area contributed by atoms with Crippen molar-refractivity contribution in [3.8, 4) is 0 Å². The molecule has 1 fully saturated rings. The second-order valence-electron chi connectivity index (χ2n) is 6.40. The average molecular weight is 339 g/mol. The average Bonchev–Trinajstić information content (AvgIpc) is 2.38. The Morgan fingerprint density at radius 1 is 1.30 bits per heavy atom. The summed E-state index contributed by atoms with van der Waals surface area (Å²) in [6, 6.07) is 7.88. The molecule has 1 saturated carbocycles. The quantitative estimate of drug-likeness (QED) is 0.861. The highest BCUT2D eigenvalue weighted by Gasteiger charge is 2.44. The first-order chi connectivity index (χ1) is 9.32. The van der Waals surface area contributed by atoms with Gasteiger partial charge in [-0.3, -0.25) is 4.79 Å². The number of nitrogens with one attached hydrogen (secondary N) is 1. The molecule has 1 aliphatic carbocycles. The van der Waals surface area contributed by atoms with Crippen LogP contribution in [0.15, 0.2) is 28.7 Å². The summed E-state index contributed by atoms with van der Waals surface area (Å²) in [5, 5.41) is 3.03. The Labute approximate surface area is 129 Å². The Balaban J connectivity index is 2.10. The number of carbonyl (C=O) groups excluding carboxylic acids is 1. The van der Waals surface area contributed by atoms with Crippen molar-refractivity contribution in [1.29, 1.82) is 0 Å². The summed E-state index contributed by atoms with van der Waals surface area (Å²) in [4.78, 5) is 12.6. The van der Waals surface area contributed by atoms with Gasteiger partial charge in [-0.15, -0.1) is 0 Å². The number of benzene rings is 1. The summed E-state index contributed by atoms with van der Waals surface area (Å²) >= 11 is 3.39. The lowest BCUT2D eigenvalue weighted by Crippen LogP contribution is -2.50. The number of anilines is 1. The van der Waals surface area contributed by atoms with E-state index in [0.717, 1.165) is 23.0 Å². The molecule has 0 radical (unpaired) electrons. The van der Waals surface area contributed by atoms with E-state index in [4.69, 9.17) is 5.73 Å². The number of amides is 1. The lowest BCUT2D eigenvalue weighted by Gasteiger charge is -2.46. The van der Waals surface area contributed by atoms with Gasteiger partial charge in [-0.2, -0.15) is 0 Å². The van der Waals surface area contributed by atoms with Crippen molar-refractivity contribution in [2.75, 3.05) is 5.32 Å². The van der Waals surface area contributed by atoms with E-state index in [-0.39, 0.29) is 23.3 Å². The van der Waals surface area contributed by atoms with Crippen molar-refractivity contribution >= 4 is 27.5 Å². The van der Waals surface area contributed by atoms with Crippen molar-refractivity contribution in [2.24, 2.45) is 23.0 Å². The Bertz CT molecular complexity index is 484. The summed E-state index contributed by atoms with van der Waals surface area (Å²) in [7, 11) is 0. The standard InChI is InChI=1S/C16H23BrN2O/c1-10-14(18)9-8-13(16(10,2)3)15(20)19-12-6-4-11(17)5-7-12/h4-7,10,13-14H,8-9,18H2,1-3H3,(H,19,20). The first-order valence-corrected chi connectivity index (χ1v) is 7.93.